The van der Waals surface area contributed by atoms with Crippen molar-refractivity contribution in [1.29, 1.82) is 0 Å². The van der Waals surface area contributed by atoms with Crippen molar-refractivity contribution in [3.63, 3.8) is 0 Å². The highest BCUT2D eigenvalue weighted by molar-refractivity contribution is 5.66. The zero-order valence-corrected chi connectivity index (χ0v) is 15.2. The van der Waals surface area contributed by atoms with Gasteiger partial charge in [0, 0.05) is 25.7 Å². The van der Waals surface area contributed by atoms with Gasteiger partial charge < -0.3 is 9.64 Å². The van der Waals surface area contributed by atoms with Crippen molar-refractivity contribution < 1.29 is 4.74 Å². The topological polar surface area (TPSA) is 15.7 Å². The molecule has 0 aromatic heterocycles. The van der Waals surface area contributed by atoms with Crippen LogP contribution in [0.25, 0.3) is 0 Å². The van der Waals surface area contributed by atoms with Gasteiger partial charge in [0.1, 0.15) is 5.75 Å². The van der Waals surface area contributed by atoms with Gasteiger partial charge in [0.05, 0.1) is 12.8 Å². The van der Waals surface area contributed by atoms with Crippen LogP contribution in [0.2, 0.25) is 0 Å². The van der Waals surface area contributed by atoms with Crippen LogP contribution < -0.4 is 9.64 Å². The minimum atomic E-state index is 0.634. The van der Waals surface area contributed by atoms with Crippen molar-refractivity contribution in [2.75, 3.05) is 38.2 Å². The molecule has 0 bridgehead atoms. The fourth-order valence-electron chi connectivity index (χ4n) is 4.40. The fraction of sp³-hybridized carbons (Fsp3) is 0.455. The molecule has 2 aromatic rings. The molecular formula is C22H28N2O. The number of hydrogen-bond donors (Lipinski definition) is 0. The maximum Gasteiger partial charge on any atom is 0.142 e. The van der Waals surface area contributed by atoms with E-state index in [2.05, 4.69) is 58.3 Å². The Bertz CT molecular complexity index is 686. The van der Waals surface area contributed by atoms with Gasteiger partial charge in [0.2, 0.25) is 0 Å². The number of hydrogen-bond acceptors (Lipinski definition) is 3. The second-order valence-electron chi connectivity index (χ2n) is 7.24. The molecule has 2 aliphatic heterocycles. The van der Waals surface area contributed by atoms with Crippen molar-refractivity contribution >= 4 is 5.69 Å². The maximum atomic E-state index is 5.65. The summed E-state index contributed by atoms with van der Waals surface area (Å²) in [5, 5.41) is 0. The lowest BCUT2D eigenvalue weighted by Crippen LogP contribution is -2.55. The smallest absolute Gasteiger partial charge is 0.142 e. The number of fused-ring (bicyclic) bond motifs is 3. The molecule has 2 heterocycles. The number of methoxy groups -OCH3 is 1. The molecule has 25 heavy (non-hydrogen) atoms. The lowest BCUT2D eigenvalue weighted by atomic mass is 9.93. The van der Waals surface area contributed by atoms with Crippen LogP contribution in [0, 0.1) is 0 Å². The summed E-state index contributed by atoms with van der Waals surface area (Å²) in [5.74, 6) is 1.04. The Balaban J connectivity index is 1.36. The van der Waals surface area contributed by atoms with Gasteiger partial charge in [-0.3, -0.25) is 4.90 Å². The Morgan fingerprint density at radius 2 is 1.92 bits per heavy atom. The van der Waals surface area contributed by atoms with Crippen LogP contribution in [-0.2, 0) is 12.8 Å². The van der Waals surface area contributed by atoms with Gasteiger partial charge in [-0.15, -0.1) is 0 Å². The molecule has 0 amide bonds. The number of aryl methyl sites for hydroxylation is 2. The lowest BCUT2D eigenvalue weighted by molar-refractivity contribution is 0.211. The Kier molecular flexibility index (Phi) is 4.93. The normalized spacial score (nSPS) is 20.0. The molecule has 1 saturated heterocycles. The van der Waals surface area contributed by atoms with Gasteiger partial charge >= 0.3 is 0 Å². The molecule has 2 aliphatic rings. The van der Waals surface area contributed by atoms with Crippen LogP contribution in [0.15, 0.2) is 48.5 Å². The van der Waals surface area contributed by atoms with Gasteiger partial charge in [-0.25, -0.2) is 0 Å². The van der Waals surface area contributed by atoms with Crippen LogP contribution in [0.4, 0.5) is 5.69 Å². The standard InChI is InChI=1S/C22H28N2O/c1-25-21-11-5-10-19-12-13-20-17-23(15-16-24(20)22(19)21)14-6-9-18-7-3-2-4-8-18/h2-5,7-8,10-11,20H,6,9,12-17H2,1H3. The molecule has 2 aromatic carbocycles. The molecule has 1 fully saturated rings. The van der Waals surface area contributed by atoms with Crippen molar-refractivity contribution in [2.24, 2.45) is 0 Å². The summed E-state index contributed by atoms with van der Waals surface area (Å²) in [5.41, 5.74) is 4.26. The summed E-state index contributed by atoms with van der Waals surface area (Å²) in [6.45, 7) is 4.66. The zero-order chi connectivity index (χ0) is 17.1. The number of benzene rings is 2. The Morgan fingerprint density at radius 1 is 1.04 bits per heavy atom. The van der Waals surface area contributed by atoms with Crippen LogP contribution in [0.1, 0.15) is 24.0 Å². The number of rotatable bonds is 5. The summed E-state index contributed by atoms with van der Waals surface area (Å²) in [6, 6.07) is 18.0. The highest BCUT2D eigenvalue weighted by atomic mass is 16.5. The fourth-order valence-corrected chi connectivity index (χ4v) is 4.40. The van der Waals surface area contributed by atoms with Gasteiger partial charge in [0.15, 0.2) is 0 Å². The highest BCUT2D eigenvalue weighted by Crippen LogP contribution is 2.39. The molecule has 1 unspecified atom stereocenters. The Morgan fingerprint density at radius 3 is 2.76 bits per heavy atom. The minimum absolute atomic E-state index is 0.634. The summed E-state index contributed by atoms with van der Waals surface area (Å²) in [6.07, 6.45) is 4.86. The molecule has 3 nitrogen and oxygen atoms in total. The van der Waals surface area contributed by atoms with Crippen LogP contribution in [0.3, 0.4) is 0 Å². The first-order valence-electron chi connectivity index (χ1n) is 9.54. The summed E-state index contributed by atoms with van der Waals surface area (Å²) in [7, 11) is 1.79. The number of ether oxygens (including phenoxy) is 1. The van der Waals surface area contributed by atoms with E-state index in [9.17, 15) is 0 Å². The van der Waals surface area contributed by atoms with E-state index >= 15 is 0 Å². The predicted molar refractivity (Wildman–Crippen MR) is 104 cm³/mol. The molecule has 4 rings (SSSR count). The summed E-state index contributed by atoms with van der Waals surface area (Å²) in [4.78, 5) is 5.26. The average molecular weight is 336 g/mol. The largest absolute Gasteiger partial charge is 0.495 e. The summed E-state index contributed by atoms with van der Waals surface area (Å²) >= 11 is 0. The number of anilines is 1. The third kappa shape index (κ3) is 3.52. The molecule has 0 N–H and O–H groups in total. The van der Waals surface area contributed by atoms with E-state index in [-0.39, 0.29) is 0 Å². The van der Waals surface area contributed by atoms with E-state index in [0.29, 0.717) is 6.04 Å². The van der Waals surface area contributed by atoms with Crippen molar-refractivity contribution in [3.8, 4) is 5.75 Å². The van der Waals surface area contributed by atoms with Crippen LogP contribution >= 0.6 is 0 Å². The molecular weight excluding hydrogens is 308 g/mol. The van der Waals surface area contributed by atoms with Crippen molar-refractivity contribution in [1.82, 2.24) is 4.90 Å². The van der Waals surface area contributed by atoms with Gasteiger partial charge in [-0.1, -0.05) is 42.5 Å². The quantitative estimate of drug-likeness (QED) is 0.827. The van der Waals surface area contributed by atoms with Gasteiger partial charge in [0.25, 0.3) is 0 Å². The molecule has 0 aliphatic carbocycles. The third-order valence-corrected chi connectivity index (χ3v) is 5.69. The predicted octanol–water partition coefficient (Wildman–Crippen LogP) is 3.76. The Labute approximate surface area is 151 Å². The first-order chi connectivity index (χ1) is 12.3. The maximum absolute atomic E-state index is 5.65. The SMILES string of the molecule is COc1cccc2c1N1CCN(CCCc3ccccc3)CC1CC2. The van der Waals surface area contributed by atoms with Crippen LogP contribution in [0.5, 0.6) is 5.75 Å². The average Bonchev–Trinajstić information content (AvgIpc) is 2.68. The number of para-hydroxylation sites is 1. The third-order valence-electron chi connectivity index (χ3n) is 5.69. The number of nitrogens with zero attached hydrogens (tertiary/aromatic N) is 2. The van der Waals surface area contributed by atoms with Gasteiger partial charge in [-0.05, 0) is 49.4 Å². The second-order valence-corrected chi connectivity index (χ2v) is 7.24. The van der Waals surface area contributed by atoms with E-state index < -0.39 is 0 Å². The molecule has 3 heteroatoms. The molecule has 132 valence electrons. The zero-order valence-electron chi connectivity index (χ0n) is 15.2. The number of piperazine rings is 1. The van der Waals surface area contributed by atoms with E-state index in [0.717, 1.165) is 18.8 Å². The molecule has 1 atom stereocenters. The lowest BCUT2D eigenvalue weighted by Gasteiger charge is -2.46. The second kappa shape index (κ2) is 7.49. The molecule has 0 saturated carbocycles. The van der Waals surface area contributed by atoms with E-state index in [1.54, 1.807) is 7.11 Å². The first kappa shape index (κ1) is 16.5. The molecule has 0 spiro atoms. The highest BCUT2D eigenvalue weighted by Gasteiger charge is 2.33. The van der Waals surface area contributed by atoms with E-state index in [1.807, 2.05) is 0 Å². The Hall–Kier alpha value is -2.00. The monoisotopic (exact) mass is 336 g/mol. The van der Waals surface area contributed by atoms with E-state index in [4.69, 9.17) is 4.74 Å². The first-order valence-corrected chi connectivity index (χ1v) is 9.54. The minimum Gasteiger partial charge on any atom is -0.495 e. The summed E-state index contributed by atoms with van der Waals surface area (Å²) < 4.78 is 5.65. The van der Waals surface area contributed by atoms with Crippen molar-refractivity contribution in [3.05, 3.63) is 59.7 Å². The van der Waals surface area contributed by atoms with E-state index in [1.165, 1.54) is 55.6 Å². The van der Waals surface area contributed by atoms with Gasteiger partial charge in [-0.2, -0.15) is 0 Å². The molecule has 0 radical (unpaired) electrons. The van der Waals surface area contributed by atoms with Crippen molar-refractivity contribution in [2.45, 2.75) is 31.7 Å². The van der Waals surface area contributed by atoms with Crippen LogP contribution in [-0.4, -0.2) is 44.2 Å².